The molecule has 0 bridgehead atoms. The average molecular weight is 314 g/mol. The number of hydrogen-bond acceptors (Lipinski definition) is 3. The predicted octanol–water partition coefficient (Wildman–Crippen LogP) is 4.06. The smallest absolute Gasteiger partial charge is 0.389 e. The standard InChI is InChI=1S/C13H15F5O3/c1-20-10-5-4-8(7-11(10)21-12(14)15)9(19)3-2-6-13(16,17)18/h4-5,7,9,12,19H,2-3,6H2,1H3. The number of aliphatic hydroxyl groups excluding tert-OH is 1. The number of ether oxygens (including phenoxy) is 2. The first-order valence-corrected chi connectivity index (χ1v) is 6.10. The number of benzene rings is 1. The highest BCUT2D eigenvalue weighted by atomic mass is 19.4. The molecule has 1 unspecified atom stereocenters. The Morgan fingerprint density at radius 3 is 2.38 bits per heavy atom. The van der Waals surface area contributed by atoms with Crippen LogP contribution in [0.2, 0.25) is 0 Å². The SMILES string of the molecule is COc1ccc(C(O)CCCC(F)(F)F)cc1OC(F)F. The third-order valence-corrected chi connectivity index (χ3v) is 2.73. The molecule has 0 amide bonds. The van der Waals surface area contributed by atoms with E-state index in [-0.39, 0.29) is 29.9 Å². The zero-order valence-electron chi connectivity index (χ0n) is 11.2. The lowest BCUT2D eigenvalue weighted by molar-refractivity contribution is -0.136. The molecule has 0 aromatic heterocycles. The molecular formula is C13H15F5O3. The molecule has 0 radical (unpaired) electrons. The molecule has 8 heteroatoms. The highest BCUT2D eigenvalue weighted by Gasteiger charge is 2.26. The molecule has 0 aliphatic rings. The molecule has 3 nitrogen and oxygen atoms in total. The van der Waals surface area contributed by atoms with E-state index in [0.29, 0.717) is 0 Å². The molecule has 0 spiro atoms. The van der Waals surface area contributed by atoms with Crippen LogP contribution in [0.25, 0.3) is 0 Å². The van der Waals surface area contributed by atoms with Crippen LogP contribution in [0.3, 0.4) is 0 Å². The molecule has 1 atom stereocenters. The fourth-order valence-corrected chi connectivity index (χ4v) is 1.75. The van der Waals surface area contributed by atoms with Crippen LogP contribution in [0, 0.1) is 0 Å². The largest absolute Gasteiger partial charge is 0.493 e. The number of rotatable bonds is 7. The van der Waals surface area contributed by atoms with Crippen LogP contribution < -0.4 is 9.47 Å². The highest BCUT2D eigenvalue weighted by Crippen LogP contribution is 2.33. The van der Waals surface area contributed by atoms with Gasteiger partial charge in [0, 0.05) is 6.42 Å². The Balaban J connectivity index is 2.73. The summed E-state index contributed by atoms with van der Waals surface area (Å²) in [5, 5.41) is 9.79. The van der Waals surface area contributed by atoms with E-state index in [9.17, 15) is 27.1 Å². The minimum atomic E-state index is -4.29. The second kappa shape index (κ2) is 7.44. The van der Waals surface area contributed by atoms with Crippen LogP contribution in [0.1, 0.15) is 30.9 Å². The van der Waals surface area contributed by atoms with Crippen LogP contribution in [-0.4, -0.2) is 25.0 Å². The first-order chi connectivity index (χ1) is 9.73. The second-order valence-electron chi connectivity index (χ2n) is 4.31. The molecule has 1 aromatic carbocycles. The summed E-state index contributed by atoms with van der Waals surface area (Å²) in [6.07, 6.45) is -6.90. The van der Waals surface area contributed by atoms with Gasteiger partial charge in [-0.15, -0.1) is 0 Å². The maximum Gasteiger partial charge on any atom is 0.389 e. The molecule has 1 aromatic rings. The molecule has 0 fully saturated rings. The molecule has 0 saturated carbocycles. The van der Waals surface area contributed by atoms with E-state index in [1.54, 1.807) is 0 Å². The van der Waals surface area contributed by atoms with Gasteiger partial charge in [-0.3, -0.25) is 0 Å². The van der Waals surface area contributed by atoms with Crippen molar-refractivity contribution in [2.45, 2.75) is 38.2 Å². The van der Waals surface area contributed by atoms with Crippen molar-refractivity contribution in [3.05, 3.63) is 23.8 Å². The lowest BCUT2D eigenvalue weighted by Gasteiger charge is -2.15. The highest BCUT2D eigenvalue weighted by molar-refractivity contribution is 5.43. The van der Waals surface area contributed by atoms with Crippen molar-refractivity contribution in [2.24, 2.45) is 0 Å². The third kappa shape index (κ3) is 6.16. The molecule has 0 heterocycles. The molecular weight excluding hydrogens is 299 g/mol. The summed E-state index contributed by atoms with van der Waals surface area (Å²) in [6, 6.07) is 3.82. The number of hydrogen-bond donors (Lipinski definition) is 1. The lowest BCUT2D eigenvalue weighted by Crippen LogP contribution is -2.08. The van der Waals surface area contributed by atoms with Gasteiger partial charge in [-0.25, -0.2) is 0 Å². The summed E-state index contributed by atoms with van der Waals surface area (Å²) in [5.74, 6) is -0.235. The molecule has 0 aliphatic heterocycles. The third-order valence-electron chi connectivity index (χ3n) is 2.73. The van der Waals surface area contributed by atoms with E-state index in [0.717, 1.165) is 6.07 Å². The van der Waals surface area contributed by atoms with Gasteiger partial charge < -0.3 is 14.6 Å². The van der Waals surface area contributed by atoms with Crippen molar-refractivity contribution in [1.29, 1.82) is 0 Å². The van der Waals surface area contributed by atoms with Gasteiger partial charge in [0.15, 0.2) is 11.5 Å². The van der Waals surface area contributed by atoms with Gasteiger partial charge in [0.2, 0.25) is 0 Å². The molecule has 120 valence electrons. The molecule has 0 aliphatic carbocycles. The maximum atomic E-state index is 12.2. The van der Waals surface area contributed by atoms with Crippen LogP contribution >= 0.6 is 0 Å². The fourth-order valence-electron chi connectivity index (χ4n) is 1.75. The first-order valence-electron chi connectivity index (χ1n) is 6.10. The number of alkyl halides is 5. The molecule has 1 rings (SSSR count). The van der Waals surface area contributed by atoms with Gasteiger partial charge in [-0.1, -0.05) is 6.07 Å². The quantitative estimate of drug-likeness (QED) is 0.771. The van der Waals surface area contributed by atoms with Crippen LogP contribution in [0.5, 0.6) is 11.5 Å². The Labute approximate surface area is 118 Å². The predicted molar refractivity (Wildman–Crippen MR) is 64.5 cm³/mol. The number of aliphatic hydroxyl groups is 1. The summed E-state index contributed by atoms with van der Waals surface area (Å²) < 4.78 is 69.6. The number of methoxy groups -OCH3 is 1. The number of halogens is 5. The fraction of sp³-hybridized carbons (Fsp3) is 0.538. The van der Waals surface area contributed by atoms with Gasteiger partial charge in [0.05, 0.1) is 13.2 Å². The molecule has 0 saturated heterocycles. The summed E-state index contributed by atoms with van der Waals surface area (Å²) in [5.41, 5.74) is 0.189. The van der Waals surface area contributed by atoms with E-state index < -0.39 is 25.3 Å². The molecule has 21 heavy (non-hydrogen) atoms. The van der Waals surface area contributed by atoms with Gasteiger partial charge in [0.25, 0.3) is 0 Å². The summed E-state index contributed by atoms with van der Waals surface area (Å²) in [7, 11) is 1.26. The van der Waals surface area contributed by atoms with Crippen molar-refractivity contribution in [1.82, 2.24) is 0 Å². The topological polar surface area (TPSA) is 38.7 Å². The summed E-state index contributed by atoms with van der Waals surface area (Å²) in [4.78, 5) is 0. The van der Waals surface area contributed by atoms with E-state index in [4.69, 9.17) is 4.74 Å². The van der Waals surface area contributed by atoms with E-state index in [2.05, 4.69) is 4.74 Å². The second-order valence-corrected chi connectivity index (χ2v) is 4.31. The van der Waals surface area contributed by atoms with Gasteiger partial charge >= 0.3 is 12.8 Å². The van der Waals surface area contributed by atoms with Crippen LogP contribution in [0.4, 0.5) is 22.0 Å². The normalized spacial score (nSPS) is 13.3. The summed E-state index contributed by atoms with van der Waals surface area (Å²) in [6.45, 7) is -3.07. The van der Waals surface area contributed by atoms with Crippen LogP contribution in [-0.2, 0) is 0 Å². The zero-order chi connectivity index (χ0) is 16.0. The van der Waals surface area contributed by atoms with Crippen molar-refractivity contribution < 1.29 is 36.5 Å². The lowest BCUT2D eigenvalue weighted by atomic mass is 10.0. The maximum absolute atomic E-state index is 12.2. The Hall–Kier alpha value is -1.57. The first kappa shape index (κ1) is 17.5. The minimum absolute atomic E-state index is 0.0431. The zero-order valence-corrected chi connectivity index (χ0v) is 11.2. The Morgan fingerprint density at radius 1 is 1.19 bits per heavy atom. The van der Waals surface area contributed by atoms with Crippen molar-refractivity contribution in [3.8, 4) is 11.5 Å². The van der Waals surface area contributed by atoms with Crippen molar-refractivity contribution >= 4 is 0 Å². The van der Waals surface area contributed by atoms with E-state index in [1.807, 2.05) is 0 Å². The van der Waals surface area contributed by atoms with Gasteiger partial charge in [0.1, 0.15) is 0 Å². The minimum Gasteiger partial charge on any atom is -0.493 e. The van der Waals surface area contributed by atoms with Gasteiger partial charge in [-0.2, -0.15) is 22.0 Å². The van der Waals surface area contributed by atoms with Crippen LogP contribution in [0.15, 0.2) is 18.2 Å². The van der Waals surface area contributed by atoms with E-state index in [1.165, 1.54) is 19.2 Å². The Bertz CT molecular complexity index is 448. The average Bonchev–Trinajstić information content (AvgIpc) is 2.36. The Morgan fingerprint density at radius 2 is 1.86 bits per heavy atom. The monoisotopic (exact) mass is 314 g/mol. The van der Waals surface area contributed by atoms with Crippen molar-refractivity contribution in [3.63, 3.8) is 0 Å². The Kier molecular flexibility index (Phi) is 6.19. The summed E-state index contributed by atoms with van der Waals surface area (Å²) >= 11 is 0. The van der Waals surface area contributed by atoms with E-state index >= 15 is 0 Å². The molecule has 1 N–H and O–H groups in total. The van der Waals surface area contributed by atoms with Gasteiger partial charge in [-0.05, 0) is 30.5 Å². The van der Waals surface area contributed by atoms with Crippen molar-refractivity contribution in [2.75, 3.05) is 7.11 Å².